The van der Waals surface area contributed by atoms with Crippen LogP contribution in [0, 0.1) is 0 Å². The van der Waals surface area contributed by atoms with Gasteiger partial charge < -0.3 is 15.1 Å². The summed E-state index contributed by atoms with van der Waals surface area (Å²) < 4.78 is 0.964. The topological polar surface area (TPSA) is 77.2 Å². The van der Waals surface area contributed by atoms with E-state index in [9.17, 15) is 4.79 Å². The molecule has 25 heavy (non-hydrogen) atoms. The second-order valence-electron chi connectivity index (χ2n) is 6.45. The van der Waals surface area contributed by atoms with E-state index < -0.39 is 0 Å². The van der Waals surface area contributed by atoms with Gasteiger partial charge in [-0.15, -0.1) is 12.4 Å². The number of carbonyl (C=O) groups excluding carboxylic acids is 1. The molecule has 2 aliphatic rings. The zero-order chi connectivity index (χ0) is 16.5. The number of aromatic amines is 1. The Morgan fingerprint density at radius 2 is 2.08 bits per heavy atom. The number of pyridine rings is 1. The molecule has 136 valence electrons. The molecule has 2 N–H and O–H groups in total. The highest BCUT2D eigenvalue weighted by Gasteiger charge is 2.26. The van der Waals surface area contributed by atoms with Gasteiger partial charge in [-0.2, -0.15) is 5.10 Å². The third-order valence-corrected chi connectivity index (χ3v) is 5.52. The molecule has 0 saturated carbocycles. The fourth-order valence-electron chi connectivity index (χ4n) is 3.63. The summed E-state index contributed by atoms with van der Waals surface area (Å²) in [5, 5.41) is 11.4. The first-order chi connectivity index (χ1) is 11.7. The van der Waals surface area contributed by atoms with E-state index in [-0.39, 0.29) is 18.3 Å². The molecular formula is C16H22BrClN6O. The average Bonchev–Trinajstić information content (AvgIpc) is 3.26. The van der Waals surface area contributed by atoms with Crippen molar-refractivity contribution in [3.8, 4) is 0 Å². The number of piperazine rings is 1. The Labute approximate surface area is 161 Å². The highest BCUT2D eigenvalue weighted by molar-refractivity contribution is 9.10. The van der Waals surface area contributed by atoms with Gasteiger partial charge in [0.05, 0.1) is 21.7 Å². The normalized spacial score (nSPS) is 20.8. The SMILES string of the molecule is Cl.O=C(C[C@@H]1CCCN1)N1CCN(c2c(Br)cnc3[nH]ncc23)CC1. The number of aromatic nitrogens is 3. The largest absolute Gasteiger partial charge is 0.366 e. The lowest BCUT2D eigenvalue weighted by molar-refractivity contribution is -0.131. The Morgan fingerprint density at radius 3 is 2.80 bits per heavy atom. The van der Waals surface area contributed by atoms with Crippen LogP contribution >= 0.6 is 28.3 Å². The Kier molecular flexibility index (Phi) is 5.81. The minimum atomic E-state index is 0. The van der Waals surface area contributed by atoms with Gasteiger partial charge in [0.15, 0.2) is 5.65 Å². The maximum atomic E-state index is 12.5. The molecule has 1 atom stereocenters. The Morgan fingerprint density at radius 1 is 1.28 bits per heavy atom. The van der Waals surface area contributed by atoms with Crippen LogP contribution in [-0.2, 0) is 4.79 Å². The van der Waals surface area contributed by atoms with Crippen molar-refractivity contribution in [2.75, 3.05) is 37.6 Å². The van der Waals surface area contributed by atoms with Crippen LogP contribution in [0.5, 0.6) is 0 Å². The van der Waals surface area contributed by atoms with Gasteiger partial charge >= 0.3 is 0 Å². The van der Waals surface area contributed by atoms with E-state index in [0.717, 1.165) is 60.3 Å². The van der Waals surface area contributed by atoms with Crippen LogP contribution in [0.3, 0.4) is 0 Å². The number of rotatable bonds is 3. The number of halogens is 2. The van der Waals surface area contributed by atoms with Crippen molar-refractivity contribution in [1.29, 1.82) is 0 Å². The van der Waals surface area contributed by atoms with Gasteiger partial charge in [0.1, 0.15) is 0 Å². The van der Waals surface area contributed by atoms with Crippen molar-refractivity contribution < 1.29 is 4.79 Å². The number of nitrogens with zero attached hydrogens (tertiary/aromatic N) is 4. The zero-order valence-electron chi connectivity index (χ0n) is 13.9. The number of anilines is 1. The molecule has 4 rings (SSSR count). The van der Waals surface area contributed by atoms with Crippen molar-refractivity contribution in [2.24, 2.45) is 0 Å². The lowest BCUT2D eigenvalue weighted by Gasteiger charge is -2.37. The third-order valence-electron chi connectivity index (χ3n) is 4.94. The first-order valence-electron chi connectivity index (χ1n) is 8.46. The zero-order valence-corrected chi connectivity index (χ0v) is 16.3. The van der Waals surface area contributed by atoms with Crippen LogP contribution < -0.4 is 10.2 Å². The number of hydrogen-bond donors (Lipinski definition) is 2. The summed E-state index contributed by atoms with van der Waals surface area (Å²) in [5.74, 6) is 0.274. The lowest BCUT2D eigenvalue weighted by atomic mass is 10.1. The summed E-state index contributed by atoms with van der Waals surface area (Å²) in [5.41, 5.74) is 1.90. The van der Waals surface area contributed by atoms with Crippen molar-refractivity contribution in [3.63, 3.8) is 0 Å². The van der Waals surface area contributed by atoms with Gasteiger partial charge in [0.25, 0.3) is 0 Å². The van der Waals surface area contributed by atoms with Crippen molar-refractivity contribution in [1.82, 2.24) is 25.4 Å². The fourth-order valence-corrected chi connectivity index (χ4v) is 4.20. The van der Waals surface area contributed by atoms with E-state index in [4.69, 9.17) is 0 Å². The van der Waals surface area contributed by atoms with Crippen LogP contribution in [0.4, 0.5) is 5.69 Å². The van der Waals surface area contributed by atoms with E-state index in [0.29, 0.717) is 12.5 Å². The van der Waals surface area contributed by atoms with Crippen LogP contribution in [-0.4, -0.2) is 64.8 Å². The van der Waals surface area contributed by atoms with Crippen LogP contribution in [0.25, 0.3) is 11.0 Å². The number of fused-ring (bicyclic) bond motifs is 1. The minimum Gasteiger partial charge on any atom is -0.366 e. The molecule has 0 spiro atoms. The molecule has 2 saturated heterocycles. The van der Waals surface area contributed by atoms with Gasteiger partial charge in [-0.3, -0.25) is 9.89 Å². The van der Waals surface area contributed by atoms with Crippen molar-refractivity contribution in [3.05, 3.63) is 16.9 Å². The Hall–Kier alpha value is -1.38. The first kappa shape index (κ1) is 18.4. The highest BCUT2D eigenvalue weighted by atomic mass is 79.9. The molecule has 1 amide bonds. The summed E-state index contributed by atoms with van der Waals surface area (Å²) in [7, 11) is 0. The van der Waals surface area contributed by atoms with Crippen molar-refractivity contribution >= 4 is 51.0 Å². The molecule has 4 heterocycles. The van der Waals surface area contributed by atoms with Crippen molar-refractivity contribution in [2.45, 2.75) is 25.3 Å². The molecule has 7 nitrogen and oxygen atoms in total. The monoisotopic (exact) mass is 428 g/mol. The number of carbonyl (C=O) groups is 1. The predicted molar refractivity (Wildman–Crippen MR) is 103 cm³/mol. The second-order valence-corrected chi connectivity index (χ2v) is 7.31. The van der Waals surface area contributed by atoms with Gasteiger partial charge in [-0.25, -0.2) is 4.98 Å². The van der Waals surface area contributed by atoms with Gasteiger partial charge in [0, 0.05) is 44.8 Å². The smallest absolute Gasteiger partial charge is 0.224 e. The molecule has 0 aromatic carbocycles. The number of nitrogens with one attached hydrogen (secondary N) is 2. The van der Waals surface area contributed by atoms with E-state index in [1.807, 2.05) is 11.1 Å². The summed E-state index contributed by atoms with van der Waals surface area (Å²) in [6.07, 6.45) is 6.55. The van der Waals surface area contributed by atoms with Gasteiger partial charge in [0.2, 0.25) is 5.91 Å². The second kappa shape index (κ2) is 7.88. The van der Waals surface area contributed by atoms with E-state index in [2.05, 4.69) is 41.3 Å². The molecule has 0 unspecified atom stereocenters. The molecule has 2 aromatic heterocycles. The predicted octanol–water partition coefficient (Wildman–Crippen LogP) is 1.93. The molecule has 9 heteroatoms. The number of H-pyrrole nitrogens is 1. The maximum Gasteiger partial charge on any atom is 0.224 e. The molecular weight excluding hydrogens is 408 g/mol. The molecule has 2 aromatic rings. The molecule has 0 radical (unpaired) electrons. The summed E-state index contributed by atoms with van der Waals surface area (Å²) in [6, 6.07) is 0.371. The van der Waals surface area contributed by atoms with E-state index >= 15 is 0 Å². The Bertz CT molecular complexity index is 739. The van der Waals surface area contributed by atoms with Crippen LogP contribution in [0.15, 0.2) is 16.9 Å². The van der Waals surface area contributed by atoms with Gasteiger partial charge in [-0.05, 0) is 35.3 Å². The average molecular weight is 430 g/mol. The van der Waals surface area contributed by atoms with E-state index in [1.165, 1.54) is 6.42 Å². The molecule has 2 aliphatic heterocycles. The fraction of sp³-hybridized carbons (Fsp3) is 0.562. The number of amides is 1. The van der Waals surface area contributed by atoms with Crippen LogP contribution in [0.2, 0.25) is 0 Å². The van der Waals surface area contributed by atoms with Gasteiger partial charge in [-0.1, -0.05) is 0 Å². The summed E-state index contributed by atoms with van der Waals surface area (Å²) in [6.45, 7) is 4.22. The lowest BCUT2D eigenvalue weighted by Crippen LogP contribution is -2.49. The highest BCUT2D eigenvalue weighted by Crippen LogP contribution is 2.33. The standard InChI is InChI=1S/C16H21BrN6O.ClH/c17-13-10-19-16-12(9-20-21-16)15(13)23-6-4-22(5-7-23)14(24)8-11-2-1-3-18-11;/h9-11,18H,1-8H2,(H,19,20,21);1H/t11-;/m0./s1. The molecule has 0 bridgehead atoms. The summed E-state index contributed by atoms with van der Waals surface area (Å²) >= 11 is 3.61. The summed E-state index contributed by atoms with van der Waals surface area (Å²) in [4.78, 5) is 21.1. The first-order valence-corrected chi connectivity index (χ1v) is 9.25. The molecule has 0 aliphatic carbocycles. The number of hydrogen-bond acceptors (Lipinski definition) is 5. The third kappa shape index (κ3) is 3.75. The van der Waals surface area contributed by atoms with E-state index in [1.54, 1.807) is 6.20 Å². The Balaban J connectivity index is 0.00000182. The minimum absolute atomic E-state index is 0. The molecule has 2 fully saturated rings. The van der Waals surface area contributed by atoms with Crippen LogP contribution in [0.1, 0.15) is 19.3 Å². The quantitative estimate of drug-likeness (QED) is 0.780. The maximum absolute atomic E-state index is 12.5.